The van der Waals surface area contributed by atoms with Crippen molar-refractivity contribution in [3.63, 3.8) is 0 Å². The zero-order valence-electron chi connectivity index (χ0n) is 14.6. The third kappa shape index (κ3) is 3.47. The van der Waals surface area contributed by atoms with E-state index in [1.54, 1.807) is 30.4 Å². The molecule has 1 saturated carbocycles. The summed E-state index contributed by atoms with van der Waals surface area (Å²) in [5.74, 6) is 0.294. The normalized spacial score (nSPS) is 14.0. The molecule has 0 radical (unpaired) electrons. The number of ether oxygens (including phenoxy) is 1. The largest absolute Gasteiger partial charge is 0.364 e. The van der Waals surface area contributed by atoms with E-state index in [-0.39, 0.29) is 0 Å². The third-order valence-electron chi connectivity index (χ3n) is 4.49. The Bertz CT molecular complexity index is 916. The Morgan fingerprint density at radius 1 is 1.38 bits per heavy atom. The maximum Gasteiger partial charge on any atom is 0.265 e. The van der Waals surface area contributed by atoms with Gasteiger partial charge < -0.3 is 19.3 Å². The minimum atomic E-state index is -0.441. The summed E-state index contributed by atoms with van der Waals surface area (Å²) in [4.78, 5) is 11.9. The second kappa shape index (κ2) is 7.34. The van der Waals surface area contributed by atoms with E-state index in [0.717, 1.165) is 29.1 Å². The van der Waals surface area contributed by atoms with Gasteiger partial charge in [0.1, 0.15) is 12.4 Å². The number of benzene rings is 1. The molecule has 1 amide bonds. The monoisotopic (exact) mass is 387 g/mol. The van der Waals surface area contributed by atoms with Crippen molar-refractivity contribution in [3.05, 3.63) is 47.5 Å². The summed E-state index contributed by atoms with van der Waals surface area (Å²) in [6.45, 7) is 1.28. The summed E-state index contributed by atoms with van der Waals surface area (Å²) in [6.07, 6.45) is 2.56. The standard InChI is InChI=1S/C19H21N3O2S2/c1-24-12-21-16(19(20)23)10-14-4-2-5-15(18(14)21)22(11-13-7-8-13)26-17-6-3-9-25-17/h2-6,9-10,13H,7-8,11-12H2,1H3,(H2,20,23). The summed E-state index contributed by atoms with van der Waals surface area (Å²) in [6, 6.07) is 12.2. The highest BCUT2D eigenvalue weighted by Crippen LogP contribution is 2.41. The molecule has 2 N–H and O–H groups in total. The van der Waals surface area contributed by atoms with E-state index in [1.165, 1.54) is 17.1 Å². The number of nitrogens with zero attached hydrogens (tertiary/aromatic N) is 2. The number of amides is 1. The second-order valence-corrected chi connectivity index (χ2v) is 8.75. The second-order valence-electron chi connectivity index (χ2n) is 6.48. The molecule has 7 heteroatoms. The third-order valence-corrected chi connectivity index (χ3v) is 6.55. The highest BCUT2D eigenvalue weighted by molar-refractivity contribution is 8.02. The van der Waals surface area contributed by atoms with Gasteiger partial charge >= 0.3 is 0 Å². The van der Waals surface area contributed by atoms with Crippen LogP contribution in [0.1, 0.15) is 23.3 Å². The molecular weight excluding hydrogens is 366 g/mol. The number of nitrogens with two attached hydrogens (primary N) is 1. The number of primary amides is 1. The molecular formula is C19H21N3O2S2. The molecule has 1 aromatic carbocycles. The smallest absolute Gasteiger partial charge is 0.265 e. The summed E-state index contributed by atoms with van der Waals surface area (Å²) >= 11 is 3.50. The van der Waals surface area contributed by atoms with Gasteiger partial charge in [-0.05, 0) is 54.3 Å². The van der Waals surface area contributed by atoms with Crippen molar-refractivity contribution in [2.45, 2.75) is 23.8 Å². The number of hydrogen-bond acceptors (Lipinski definition) is 5. The predicted octanol–water partition coefficient (Wildman–Crippen LogP) is 4.33. The van der Waals surface area contributed by atoms with E-state index < -0.39 is 5.91 Å². The Hall–Kier alpha value is -1.96. The minimum Gasteiger partial charge on any atom is -0.364 e. The molecule has 26 heavy (non-hydrogen) atoms. The van der Waals surface area contributed by atoms with Gasteiger partial charge in [-0.25, -0.2) is 0 Å². The fraction of sp³-hybridized carbons (Fsp3) is 0.316. The molecule has 0 unspecified atom stereocenters. The van der Waals surface area contributed by atoms with Gasteiger partial charge in [0.15, 0.2) is 0 Å². The van der Waals surface area contributed by atoms with Crippen molar-refractivity contribution in [2.24, 2.45) is 11.7 Å². The van der Waals surface area contributed by atoms with E-state index >= 15 is 0 Å². The number of aromatic nitrogens is 1. The van der Waals surface area contributed by atoms with Crippen LogP contribution in [-0.4, -0.2) is 24.1 Å². The number of rotatable bonds is 8. The van der Waals surface area contributed by atoms with Crippen molar-refractivity contribution in [3.8, 4) is 0 Å². The number of para-hydroxylation sites is 1. The molecule has 2 heterocycles. The quantitative estimate of drug-likeness (QED) is 0.585. The fourth-order valence-corrected chi connectivity index (χ4v) is 5.06. The molecule has 0 aliphatic heterocycles. The zero-order chi connectivity index (χ0) is 18.1. The molecule has 4 rings (SSSR count). The van der Waals surface area contributed by atoms with Gasteiger partial charge in [-0.15, -0.1) is 11.3 Å². The molecule has 1 aliphatic rings. The lowest BCUT2D eigenvalue weighted by atomic mass is 10.2. The first kappa shape index (κ1) is 17.5. The lowest BCUT2D eigenvalue weighted by Gasteiger charge is -2.24. The first-order chi connectivity index (χ1) is 12.7. The molecule has 1 aliphatic carbocycles. The number of carbonyl (C=O) groups excluding carboxylic acids is 1. The van der Waals surface area contributed by atoms with E-state index in [1.807, 2.05) is 22.8 Å². The number of carbonyl (C=O) groups is 1. The van der Waals surface area contributed by atoms with Crippen LogP contribution in [0.15, 0.2) is 46.0 Å². The Morgan fingerprint density at radius 3 is 2.88 bits per heavy atom. The molecule has 0 bridgehead atoms. The molecule has 0 atom stereocenters. The average Bonchev–Trinajstić information content (AvgIpc) is 3.14. The fourth-order valence-electron chi connectivity index (χ4n) is 3.12. The van der Waals surface area contributed by atoms with Gasteiger partial charge in [0.2, 0.25) is 0 Å². The molecule has 2 aromatic heterocycles. The van der Waals surface area contributed by atoms with Crippen molar-refractivity contribution in [2.75, 3.05) is 18.0 Å². The Kier molecular flexibility index (Phi) is 4.93. The van der Waals surface area contributed by atoms with Crippen LogP contribution >= 0.6 is 23.3 Å². The number of fused-ring (bicyclic) bond motifs is 1. The maximum atomic E-state index is 11.9. The highest BCUT2D eigenvalue weighted by atomic mass is 32.2. The Balaban J connectivity index is 1.82. The Labute approximate surface area is 160 Å². The van der Waals surface area contributed by atoms with Crippen LogP contribution in [0.5, 0.6) is 0 Å². The predicted molar refractivity (Wildman–Crippen MR) is 108 cm³/mol. The molecule has 3 aromatic rings. The first-order valence-corrected chi connectivity index (χ1v) is 10.2. The van der Waals surface area contributed by atoms with Crippen LogP contribution in [0.3, 0.4) is 0 Å². The van der Waals surface area contributed by atoms with E-state index in [0.29, 0.717) is 12.4 Å². The van der Waals surface area contributed by atoms with Crippen LogP contribution in [0.2, 0.25) is 0 Å². The van der Waals surface area contributed by atoms with E-state index in [2.05, 4.69) is 27.9 Å². The van der Waals surface area contributed by atoms with Crippen LogP contribution in [-0.2, 0) is 11.5 Å². The van der Waals surface area contributed by atoms with E-state index in [9.17, 15) is 4.79 Å². The number of methoxy groups -OCH3 is 1. The van der Waals surface area contributed by atoms with Crippen molar-refractivity contribution in [1.29, 1.82) is 0 Å². The van der Waals surface area contributed by atoms with Gasteiger partial charge in [-0.2, -0.15) is 0 Å². The number of thiophene rings is 1. The van der Waals surface area contributed by atoms with E-state index in [4.69, 9.17) is 10.5 Å². The van der Waals surface area contributed by atoms with Crippen LogP contribution in [0, 0.1) is 5.92 Å². The zero-order valence-corrected chi connectivity index (χ0v) is 16.2. The van der Waals surface area contributed by atoms with Crippen LogP contribution in [0.4, 0.5) is 5.69 Å². The van der Waals surface area contributed by atoms with Crippen LogP contribution < -0.4 is 10.0 Å². The minimum absolute atomic E-state index is 0.291. The topological polar surface area (TPSA) is 60.5 Å². The molecule has 136 valence electrons. The summed E-state index contributed by atoms with van der Waals surface area (Å²) in [7, 11) is 1.63. The first-order valence-electron chi connectivity index (χ1n) is 8.57. The van der Waals surface area contributed by atoms with Gasteiger partial charge in [-0.3, -0.25) is 4.79 Å². The Morgan fingerprint density at radius 2 is 2.23 bits per heavy atom. The lowest BCUT2D eigenvalue weighted by molar-refractivity contribution is 0.0961. The average molecular weight is 388 g/mol. The number of anilines is 1. The van der Waals surface area contributed by atoms with Crippen molar-refractivity contribution < 1.29 is 9.53 Å². The highest BCUT2D eigenvalue weighted by Gasteiger charge is 2.27. The van der Waals surface area contributed by atoms with Gasteiger partial charge in [-0.1, -0.05) is 18.2 Å². The SMILES string of the molecule is COCn1c(C(N)=O)cc2cccc(N(CC3CC3)Sc3cccs3)c21. The maximum absolute atomic E-state index is 11.9. The molecule has 5 nitrogen and oxygen atoms in total. The summed E-state index contributed by atoms with van der Waals surface area (Å²) in [5.41, 5.74) is 8.16. The summed E-state index contributed by atoms with van der Waals surface area (Å²) in [5, 5.41) is 3.10. The van der Waals surface area contributed by atoms with Crippen molar-refractivity contribution >= 4 is 45.8 Å². The van der Waals surface area contributed by atoms with Crippen molar-refractivity contribution in [1.82, 2.24) is 4.57 Å². The van der Waals surface area contributed by atoms with Gasteiger partial charge in [0, 0.05) is 19.0 Å². The molecule has 0 spiro atoms. The molecule has 0 saturated heterocycles. The van der Waals surface area contributed by atoms with Crippen LogP contribution in [0.25, 0.3) is 10.9 Å². The number of hydrogen-bond donors (Lipinski definition) is 1. The van der Waals surface area contributed by atoms with Gasteiger partial charge in [0.25, 0.3) is 5.91 Å². The molecule has 1 fully saturated rings. The van der Waals surface area contributed by atoms with Gasteiger partial charge in [0.05, 0.1) is 15.4 Å². The lowest BCUT2D eigenvalue weighted by Crippen LogP contribution is -2.20. The summed E-state index contributed by atoms with van der Waals surface area (Å²) < 4.78 is 10.8.